The normalized spacial score (nSPS) is 15.4. The molecule has 206 valence electrons. The number of hydrogen-bond donors (Lipinski definition) is 4. The molecule has 0 aromatic heterocycles. The fourth-order valence-corrected chi connectivity index (χ4v) is 5.37. The molecular weight excluding hydrogens is 485 g/mol. The van der Waals surface area contributed by atoms with Gasteiger partial charge in [0.15, 0.2) is 0 Å². The lowest BCUT2D eigenvalue weighted by Gasteiger charge is -2.37. The van der Waals surface area contributed by atoms with Crippen LogP contribution < -0.4 is 16.0 Å². The highest BCUT2D eigenvalue weighted by Gasteiger charge is 2.43. The lowest BCUT2D eigenvalue weighted by molar-refractivity contribution is -0.146. The maximum absolute atomic E-state index is 14.1. The summed E-state index contributed by atoms with van der Waals surface area (Å²) in [5.74, 6) is -2.64. The molecule has 2 aromatic rings. The number of carboxylic acids is 1. The van der Waals surface area contributed by atoms with Crippen LogP contribution in [0.15, 0.2) is 30.3 Å². The maximum atomic E-state index is 14.1. The Labute approximate surface area is 224 Å². The summed E-state index contributed by atoms with van der Waals surface area (Å²) >= 11 is 0. The van der Waals surface area contributed by atoms with Crippen LogP contribution in [0.5, 0.6) is 0 Å². The highest BCUT2D eigenvalue weighted by Crippen LogP contribution is 2.33. The molecule has 38 heavy (non-hydrogen) atoms. The van der Waals surface area contributed by atoms with Gasteiger partial charge in [-0.15, -0.1) is 0 Å². The van der Waals surface area contributed by atoms with Crippen LogP contribution in [0.25, 0.3) is 0 Å². The van der Waals surface area contributed by atoms with Crippen LogP contribution >= 0.6 is 0 Å². The van der Waals surface area contributed by atoms with Gasteiger partial charge in [-0.3, -0.25) is 4.79 Å². The van der Waals surface area contributed by atoms with E-state index in [0.29, 0.717) is 18.5 Å². The predicted molar refractivity (Wildman–Crippen MR) is 148 cm³/mol. The molecule has 0 spiro atoms. The molecule has 3 rings (SSSR count). The van der Waals surface area contributed by atoms with E-state index in [1.165, 1.54) is 18.6 Å². The molecule has 0 bridgehead atoms. The van der Waals surface area contributed by atoms with Crippen LogP contribution in [0.1, 0.15) is 92.3 Å². The van der Waals surface area contributed by atoms with E-state index in [2.05, 4.69) is 35.0 Å². The monoisotopic (exact) mass is 525 g/mol. The third-order valence-corrected chi connectivity index (χ3v) is 7.61. The van der Waals surface area contributed by atoms with Crippen molar-refractivity contribution in [3.63, 3.8) is 0 Å². The Morgan fingerprint density at radius 3 is 2.26 bits per heavy atom. The molecule has 1 fully saturated rings. The van der Waals surface area contributed by atoms with E-state index in [0.717, 1.165) is 68.2 Å². The number of carboxylic acid groups (broad SMARTS) is 1. The third-order valence-electron chi connectivity index (χ3n) is 7.61. The zero-order valence-electron chi connectivity index (χ0n) is 22.9. The van der Waals surface area contributed by atoms with Crippen LogP contribution in [-0.2, 0) is 11.2 Å². The molecule has 2 aromatic carbocycles. The fraction of sp³-hybridized carbons (Fsp3) is 0.500. The minimum Gasteiger partial charge on any atom is -0.480 e. The fourth-order valence-electron chi connectivity index (χ4n) is 5.37. The van der Waals surface area contributed by atoms with Gasteiger partial charge in [0.05, 0.1) is 11.3 Å². The van der Waals surface area contributed by atoms with Gasteiger partial charge in [0.2, 0.25) is 0 Å². The average Bonchev–Trinajstić information content (AvgIpc) is 2.86. The van der Waals surface area contributed by atoms with Gasteiger partial charge >= 0.3 is 12.0 Å². The van der Waals surface area contributed by atoms with Crippen molar-refractivity contribution in [2.24, 2.45) is 5.92 Å². The average molecular weight is 526 g/mol. The summed E-state index contributed by atoms with van der Waals surface area (Å²) in [5.41, 5.74) is 2.16. The largest absolute Gasteiger partial charge is 0.480 e. The van der Waals surface area contributed by atoms with Crippen molar-refractivity contribution in [2.45, 2.75) is 91.0 Å². The van der Waals surface area contributed by atoms with Gasteiger partial charge in [-0.2, -0.15) is 0 Å². The van der Waals surface area contributed by atoms with E-state index in [-0.39, 0.29) is 17.2 Å². The Hall–Kier alpha value is -3.42. The molecule has 3 amide bonds. The van der Waals surface area contributed by atoms with Crippen molar-refractivity contribution in [1.29, 1.82) is 0 Å². The number of anilines is 2. The van der Waals surface area contributed by atoms with Crippen molar-refractivity contribution in [3.05, 3.63) is 58.4 Å². The van der Waals surface area contributed by atoms with Crippen molar-refractivity contribution in [3.8, 4) is 0 Å². The molecule has 4 N–H and O–H groups in total. The number of urea groups is 1. The Bertz CT molecular complexity index is 1150. The Morgan fingerprint density at radius 2 is 1.66 bits per heavy atom. The third kappa shape index (κ3) is 7.11. The van der Waals surface area contributed by atoms with Crippen molar-refractivity contribution >= 4 is 29.3 Å². The maximum Gasteiger partial charge on any atom is 0.329 e. The Balaban J connectivity index is 1.78. The number of aryl methyl sites for hydroxylation is 3. The zero-order chi connectivity index (χ0) is 27.9. The molecule has 1 atom stereocenters. The van der Waals surface area contributed by atoms with E-state index < -0.39 is 29.3 Å². The van der Waals surface area contributed by atoms with E-state index in [9.17, 15) is 23.9 Å². The number of carbonyl (C=O) groups is 3. The highest BCUT2D eigenvalue weighted by molar-refractivity contribution is 6.08. The second-order valence-corrected chi connectivity index (χ2v) is 10.6. The molecule has 1 saturated carbocycles. The summed E-state index contributed by atoms with van der Waals surface area (Å²) in [6.07, 6.45) is 8.66. The van der Waals surface area contributed by atoms with Crippen molar-refractivity contribution < 1.29 is 23.9 Å². The molecule has 0 radical (unpaired) electrons. The van der Waals surface area contributed by atoms with Crippen LogP contribution in [0.4, 0.5) is 20.6 Å². The molecule has 0 aliphatic heterocycles. The van der Waals surface area contributed by atoms with Crippen LogP contribution in [-0.4, -0.2) is 28.6 Å². The van der Waals surface area contributed by atoms with Crippen molar-refractivity contribution in [1.82, 2.24) is 5.32 Å². The summed E-state index contributed by atoms with van der Waals surface area (Å²) in [4.78, 5) is 38.4. The molecular formula is C30H40FN3O4. The number of unbranched alkanes of at least 4 members (excludes halogenated alkanes) is 2. The second-order valence-electron chi connectivity index (χ2n) is 10.6. The number of aliphatic carboxylic acids is 1. The molecule has 0 heterocycles. The zero-order valence-corrected chi connectivity index (χ0v) is 22.9. The number of nitrogens with one attached hydrogen (secondary N) is 3. The summed E-state index contributed by atoms with van der Waals surface area (Å²) in [6.45, 7) is 7.53. The lowest BCUT2D eigenvalue weighted by Crippen LogP contribution is -2.57. The van der Waals surface area contributed by atoms with Crippen molar-refractivity contribution in [2.75, 3.05) is 10.6 Å². The summed E-state index contributed by atoms with van der Waals surface area (Å²) < 4.78 is 14.1. The number of halogens is 1. The van der Waals surface area contributed by atoms with Gasteiger partial charge in [-0.25, -0.2) is 14.0 Å². The van der Waals surface area contributed by atoms with Gasteiger partial charge in [0, 0.05) is 5.69 Å². The molecule has 7 nitrogen and oxygen atoms in total. The first kappa shape index (κ1) is 29.1. The van der Waals surface area contributed by atoms with Crippen LogP contribution in [0, 0.1) is 25.6 Å². The van der Waals surface area contributed by atoms with Crippen LogP contribution in [0.2, 0.25) is 0 Å². The number of carbonyl (C=O) groups excluding carboxylic acids is 2. The first-order valence-electron chi connectivity index (χ1n) is 13.6. The van der Waals surface area contributed by atoms with E-state index >= 15 is 0 Å². The number of benzene rings is 2. The van der Waals surface area contributed by atoms with Gasteiger partial charge in [-0.05, 0) is 87.3 Å². The highest BCUT2D eigenvalue weighted by atomic mass is 19.1. The van der Waals surface area contributed by atoms with Gasteiger partial charge in [0.1, 0.15) is 11.4 Å². The summed E-state index contributed by atoms with van der Waals surface area (Å²) in [5, 5.41) is 18.1. The number of amides is 3. The Morgan fingerprint density at radius 1 is 1.00 bits per heavy atom. The lowest BCUT2D eigenvalue weighted by atomic mass is 9.75. The molecule has 0 unspecified atom stereocenters. The summed E-state index contributed by atoms with van der Waals surface area (Å²) in [6, 6.07) is 6.91. The standard InChI is InChI=1S/C30H40FN3O4/c1-5-6-8-11-21-16-19(2)26(20(3)17-21)33-29(38)32-25-18-23(31)14-15-24(25)27(35)34-30(4,28(36)37)22-12-9-7-10-13-22/h14-18,22H,5-13H2,1-4H3,(H,34,35)(H,36,37)(H2,32,33,38)/t30-/m0/s1. The van der Waals surface area contributed by atoms with Gasteiger partial charge in [0.25, 0.3) is 5.91 Å². The smallest absolute Gasteiger partial charge is 0.329 e. The molecule has 8 heteroatoms. The molecule has 1 aliphatic carbocycles. The predicted octanol–water partition coefficient (Wildman–Crippen LogP) is 6.97. The molecule has 1 aliphatic rings. The molecule has 0 saturated heterocycles. The van der Waals surface area contributed by atoms with E-state index in [4.69, 9.17) is 0 Å². The van der Waals surface area contributed by atoms with Gasteiger partial charge in [-0.1, -0.05) is 51.2 Å². The van der Waals surface area contributed by atoms with Gasteiger partial charge < -0.3 is 21.1 Å². The first-order valence-corrected chi connectivity index (χ1v) is 13.6. The SMILES string of the molecule is CCCCCc1cc(C)c(NC(=O)Nc2cc(F)ccc2C(=O)N[C@](C)(C(=O)O)C2CCCCC2)c(C)c1. The number of hydrogen-bond acceptors (Lipinski definition) is 3. The van der Waals surface area contributed by atoms with E-state index in [1.807, 2.05) is 13.8 Å². The first-order chi connectivity index (χ1) is 18.0. The minimum atomic E-state index is -1.47. The Kier molecular flexibility index (Phi) is 9.89. The second kappa shape index (κ2) is 12.9. The quantitative estimate of drug-likeness (QED) is 0.251. The topological polar surface area (TPSA) is 108 Å². The van der Waals surface area contributed by atoms with Crippen LogP contribution in [0.3, 0.4) is 0 Å². The minimum absolute atomic E-state index is 0.00968. The summed E-state index contributed by atoms with van der Waals surface area (Å²) in [7, 11) is 0. The van der Waals surface area contributed by atoms with E-state index in [1.54, 1.807) is 0 Å². The number of rotatable bonds is 10.